The van der Waals surface area contributed by atoms with Gasteiger partial charge in [-0.25, -0.2) is 13.8 Å². The number of hydrogen-bond donors (Lipinski definition) is 2. The fourth-order valence-corrected chi connectivity index (χ4v) is 3.27. The predicted molar refractivity (Wildman–Crippen MR) is 102 cm³/mol. The topological polar surface area (TPSA) is 36.4 Å². The van der Waals surface area contributed by atoms with Crippen LogP contribution in [0.25, 0.3) is 0 Å². The zero-order chi connectivity index (χ0) is 18.6. The van der Waals surface area contributed by atoms with Gasteiger partial charge in [0.25, 0.3) is 0 Å². The third kappa shape index (κ3) is 3.82. The molecule has 1 aliphatic heterocycles. The lowest BCUT2D eigenvalue weighted by atomic mass is 9.95. The summed E-state index contributed by atoms with van der Waals surface area (Å²) >= 11 is 0. The summed E-state index contributed by atoms with van der Waals surface area (Å²) in [5, 5.41) is 6.85. The molecule has 1 fully saturated rings. The zero-order valence-corrected chi connectivity index (χ0v) is 14.6. The third-order valence-electron chi connectivity index (χ3n) is 4.64. The highest BCUT2D eigenvalue weighted by Crippen LogP contribution is 2.32. The van der Waals surface area contributed by atoms with Gasteiger partial charge in [0.15, 0.2) is 17.6 Å². The molecule has 3 aromatic rings. The first kappa shape index (κ1) is 17.2. The van der Waals surface area contributed by atoms with Crippen molar-refractivity contribution in [3.05, 3.63) is 107 Å². The van der Waals surface area contributed by atoms with Crippen molar-refractivity contribution in [2.75, 3.05) is 0 Å². The SMILES string of the molecule is Fc1ccc(CN=C2NC(c3ccccc3)C(c3ccccc3)N2)cc1F. The highest BCUT2D eigenvalue weighted by atomic mass is 19.2. The van der Waals surface area contributed by atoms with E-state index >= 15 is 0 Å². The maximum atomic E-state index is 13.4. The van der Waals surface area contributed by atoms with E-state index in [1.807, 2.05) is 36.4 Å². The molecule has 2 atom stereocenters. The van der Waals surface area contributed by atoms with Gasteiger partial charge >= 0.3 is 0 Å². The van der Waals surface area contributed by atoms with Crippen LogP contribution in [-0.4, -0.2) is 5.96 Å². The van der Waals surface area contributed by atoms with Crippen LogP contribution in [0.2, 0.25) is 0 Å². The summed E-state index contributed by atoms with van der Waals surface area (Å²) in [5.41, 5.74) is 2.91. The standard InChI is InChI=1S/C22H19F2N3/c23-18-12-11-15(13-19(18)24)14-25-22-26-20(16-7-3-1-4-8-16)21(27-22)17-9-5-2-6-10-17/h1-13,20-21H,14H2,(H2,25,26,27). The van der Waals surface area contributed by atoms with Crippen molar-refractivity contribution in [3.8, 4) is 0 Å². The molecule has 27 heavy (non-hydrogen) atoms. The van der Waals surface area contributed by atoms with Gasteiger partial charge in [-0.15, -0.1) is 0 Å². The summed E-state index contributed by atoms with van der Waals surface area (Å²) in [5.74, 6) is -1.07. The number of halogens is 2. The average Bonchev–Trinajstić information content (AvgIpc) is 3.15. The van der Waals surface area contributed by atoms with Crippen molar-refractivity contribution < 1.29 is 8.78 Å². The fraction of sp³-hybridized carbons (Fsp3) is 0.136. The number of benzene rings is 3. The average molecular weight is 363 g/mol. The molecule has 1 heterocycles. The minimum atomic E-state index is -0.857. The van der Waals surface area contributed by atoms with E-state index in [-0.39, 0.29) is 18.6 Å². The predicted octanol–water partition coefficient (Wildman–Crippen LogP) is 4.50. The van der Waals surface area contributed by atoms with Crippen LogP contribution in [-0.2, 0) is 6.54 Å². The summed E-state index contributed by atoms with van der Waals surface area (Å²) < 4.78 is 26.5. The maximum absolute atomic E-state index is 13.4. The molecule has 0 radical (unpaired) electrons. The van der Waals surface area contributed by atoms with Gasteiger partial charge in [0.2, 0.25) is 0 Å². The molecule has 0 aliphatic carbocycles. The number of guanidine groups is 1. The molecule has 3 aromatic carbocycles. The highest BCUT2D eigenvalue weighted by Gasteiger charge is 2.32. The number of nitrogens with one attached hydrogen (secondary N) is 2. The summed E-state index contributed by atoms with van der Waals surface area (Å²) in [4.78, 5) is 4.52. The second-order valence-electron chi connectivity index (χ2n) is 6.48. The summed E-state index contributed by atoms with van der Waals surface area (Å²) in [6, 6.07) is 24.2. The minimum absolute atomic E-state index is 0.0253. The molecule has 0 spiro atoms. The Morgan fingerprint density at radius 3 is 1.78 bits per heavy atom. The molecule has 0 aromatic heterocycles. The minimum Gasteiger partial charge on any atom is -0.347 e. The number of nitrogens with zero attached hydrogens (tertiary/aromatic N) is 1. The van der Waals surface area contributed by atoms with Gasteiger partial charge in [-0.1, -0.05) is 66.7 Å². The van der Waals surface area contributed by atoms with E-state index in [9.17, 15) is 8.78 Å². The Kier molecular flexibility index (Phi) is 4.83. The molecule has 4 rings (SSSR count). The Bertz CT molecular complexity index is 893. The van der Waals surface area contributed by atoms with E-state index in [4.69, 9.17) is 0 Å². The summed E-state index contributed by atoms with van der Waals surface area (Å²) in [6.45, 7) is 0.259. The molecule has 3 nitrogen and oxygen atoms in total. The van der Waals surface area contributed by atoms with Crippen LogP contribution in [0.4, 0.5) is 8.78 Å². The monoisotopic (exact) mass is 363 g/mol. The lowest BCUT2D eigenvalue weighted by Gasteiger charge is -2.19. The molecule has 1 aliphatic rings. The molecule has 136 valence electrons. The maximum Gasteiger partial charge on any atom is 0.192 e. The fourth-order valence-electron chi connectivity index (χ4n) is 3.27. The van der Waals surface area contributed by atoms with Crippen molar-refractivity contribution in [2.45, 2.75) is 18.6 Å². The molecule has 2 unspecified atom stereocenters. The van der Waals surface area contributed by atoms with Crippen molar-refractivity contribution in [1.82, 2.24) is 10.6 Å². The summed E-state index contributed by atoms with van der Waals surface area (Å²) in [7, 11) is 0. The Balaban J connectivity index is 1.59. The van der Waals surface area contributed by atoms with E-state index in [1.165, 1.54) is 6.07 Å². The first-order chi connectivity index (χ1) is 13.2. The first-order valence-corrected chi connectivity index (χ1v) is 8.82. The van der Waals surface area contributed by atoms with E-state index in [0.29, 0.717) is 11.5 Å². The van der Waals surface area contributed by atoms with E-state index in [2.05, 4.69) is 39.9 Å². The lowest BCUT2D eigenvalue weighted by molar-refractivity contribution is 0.507. The quantitative estimate of drug-likeness (QED) is 0.716. The van der Waals surface area contributed by atoms with Crippen LogP contribution in [0.15, 0.2) is 83.9 Å². The molecule has 0 bridgehead atoms. The van der Waals surface area contributed by atoms with Gasteiger partial charge < -0.3 is 10.6 Å². The van der Waals surface area contributed by atoms with Crippen molar-refractivity contribution >= 4 is 5.96 Å². The second-order valence-corrected chi connectivity index (χ2v) is 6.48. The Labute approximate surface area is 156 Å². The van der Waals surface area contributed by atoms with Crippen LogP contribution in [0.1, 0.15) is 28.8 Å². The Morgan fingerprint density at radius 2 is 1.26 bits per heavy atom. The first-order valence-electron chi connectivity index (χ1n) is 8.82. The van der Waals surface area contributed by atoms with Crippen LogP contribution in [0.5, 0.6) is 0 Å². The van der Waals surface area contributed by atoms with Crippen molar-refractivity contribution in [2.24, 2.45) is 4.99 Å². The molecule has 2 N–H and O–H groups in total. The van der Waals surface area contributed by atoms with Crippen LogP contribution < -0.4 is 10.6 Å². The normalized spacial score (nSPS) is 18.7. The number of hydrogen-bond acceptors (Lipinski definition) is 1. The molecular weight excluding hydrogens is 344 g/mol. The molecule has 5 heteroatoms. The van der Waals surface area contributed by atoms with Gasteiger partial charge in [-0.2, -0.15) is 0 Å². The zero-order valence-electron chi connectivity index (χ0n) is 14.6. The highest BCUT2D eigenvalue weighted by molar-refractivity contribution is 5.83. The second kappa shape index (κ2) is 7.58. The summed E-state index contributed by atoms with van der Waals surface area (Å²) in [6.07, 6.45) is 0. The van der Waals surface area contributed by atoms with Gasteiger partial charge in [0.1, 0.15) is 0 Å². The van der Waals surface area contributed by atoms with E-state index < -0.39 is 11.6 Å². The van der Waals surface area contributed by atoms with Crippen LogP contribution in [0.3, 0.4) is 0 Å². The molecular formula is C22H19F2N3. The Hall–Kier alpha value is -3.21. The van der Waals surface area contributed by atoms with Gasteiger partial charge in [0, 0.05) is 0 Å². The van der Waals surface area contributed by atoms with Crippen LogP contribution >= 0.6 is 0 Å². The number of aliphatic imine (C=N–C) groups is 1. The van der Waals surface area contributed by atoms with E-state index in [0.717, 1.165) is 17.2 Å². The van der Waals surface area contributed by atoms with Gasteiger partial charge in [-0.05, 0) is 28.8 Å². The van der Waals surface area contributed by atoms with Crippen molar-refractivity contribution in [3.63, 3.8) is 0 Å². The third-order valence-corrected chi connectivity index (χ3v) is 4.64. The number of rotatable bonds is 4. The molecule has 1 saturated heterocycles. The largest absolute Gasteiger partial charge is 0.347 e. The lowest BCUT2D eigenvalue weighted by Crippen LogP contribution is -2.25. The van der Waals surface area contributed by atoms with Gasteiger partial charge in [0.05, 0.1) is 18.6 Å². The van der Waals surface area contributed by atoms with Crippen molar-refractivity contribution in [1.29, 1.82) is 0 Å². The van der Waals surface area contributed by atoms with Crippen LogP contribution in [0, 0.1) is 11.6 Å². The smallest absolute Gasteiger partial charge is 0.192 e. The Morgan fingerprint density at radius 1 is 0.704 bits per heavy atom. The van der Waals surface area contributed by atoms with Gasteiger partial charge in [-0.3, -0.25) is 0 Å². The molecule has 0 amide bonds. The molecule has 0 saturated carbocycles. The van der Waals surface area contributed by atoms with E-state index in [1.54, 1.807) is 6.07 Å².